The largest absolute Gasteiger partial charge is 0.494 e. The summed E-state index contributed by atoms with van der Waals surface area (Å²) in [6.07, 6.45) is 0.997. The van der Waals surface area contributed by atoms with Crippen molar-refractivity contribution in [3.63, 3.8) is 0 Å². The SMILES string of the molecule is CCOc1ccc(N(CC(=O)N(Cc2ccc(F)cc2)C(CC)C(=O)NC(C)CC)S(=O)(=O)c2ccc(C)cc2)cc1. The fourth-order valence-electron chi connectivity index (χ4n) is 4.39. The number of anilines is 1. The first-order valence-corrected chi connectivity index (χ1v) is 15.6. The first kappa shape index (κ1) is 32.6. The average molecular weight is 598 g/mol. The monoisotopic (exact) mass is 597 g/mol. The maximum absolute atomic E-state index is 14.1. The van der Waals surface area contributed by atoms with Crippen LogP contribution >= 0.6 is 0 Å². The van der Waals surface area contributed by atoms with E-state index < -0.39 is 34.3 Å². The number of carbonyl (C=O) groups excluding carboxylic acids is 2. The zero-order chi connectivity index (χ0) is 30.9. The molecule has 2 amide bonds. The molecule has 0 saturated carbocycles. The minimum Gasteiger partial charge on any atom is -0.494 e. The lowest BCUT2D eigenvalue weighted by molar-refractivity contribution is -0.140. The summed E-state index contributed by atoms with van der Waals surface area (Å²) in [6, 6.07) is 17.5. The van der Waals surface area contributed by atoms with Crippen LogP contribution in [0, 0.1) is 12.7 Å². The molecular weight excluding hydrogens is 557 g/mol. The topological polar surface area (TPSA) is 96.0 Å². The summed E-state index contributed by atoms with van der Waals surface area (Å²) in [5, 5.41) is 2.94. The Bertz CT molecular complexity index is 1430. The molecule has 3 rings (SSSR count). The second-order valence-electron chi connectivity index (χ2n) is 10.1. The molecule has 2 unspecified atom stereocenters. The van der Waals surface area contributed by atoms with Gasteiger partial charge in [0.25, 0.3) is 10.0 Å². The summed E-state index contributed by atoms with van der Waals surface area (Å²) < 4.78 is 48.1. The van der Waals surface area contributed by atoms with Crippen LogP contribution in [0.3, 0.4) is 0 Å². The van der Waals surface area contributed by atoms with Crippen molar-refractivity contribution in [1.82, 2.24) is 10.2 Å². The Morgan fingerprint density at radius 3 is 2.07 bits per heavy atom. The molecule has 8 nitrogen and oxygen atoms in total. The molecule has 3 aromatic carbocycles. The van der Waals surface area contributed by atoms with Gasteiger partial charge in [-0.2, -0.15) is 0 Å². The van der Waals surface area contributed by atoms with Gasteiger partial charge < -0.3 is 15.0 Å². The van der Waals surface area contributed by atoms with Crippen molar-refractivity contribution in [2.45, 2.75) is 71.0 Å². The van der Waals surface area contributed by atoms with E-state index in [4.69, 9.17) is 4.74 Å². The van der Waals surface area contributed by atoms with E-state index in [9.17, 15) is 22.4 Å². The Hall–Kier alpha value is -3.92. The second kappa shape index (κ2) is 14.8. The average Bonchev–Trinajstić information content (AvgIpc) is 2.97. The third kappa shape index (κ3) is 8.31. The van der Waals surface area contributed by atoms with Crippen molar-refractivity contribution in [3.05, 3.63) is 89.7 Å². The molecule has 3 aromatic rings. The van der Waals surface area contributed by atoms with Crippen LogP contribution in [0.25, 0.3) is 0 Å². The van der Waals surface area contributed by atoms with E-state index in [0.717, 1.165) is 9.87 Å². The molecule has 42 heavy (non-hydrogen) atoms. The van der Waals surface area contributed by atoms with E-state index in [1.54, 1.807) is 55.5 Å². The molecule has 226 valence electrons. The molecule has 0 spiro atoms. The Morgan fingerprint density at radius 1 is 0.905 bits per heavy atom. The fourth-order valence-corrected chi connectivity index (χ4v) is 5.80. The van der Waals surface area contributed by atoms with Crippen LogP contribution in [0.15, 0.2) is 77.7 Å². The van der Waals surface area contributed by atoms with E-state index in [-0.39, 0.29) is 29.1 Å². The van der Waals surface area contributed by atoms with Crippen molar-refractivity contribution in [2.24, 2.45) is 0 Å². The molecule has 0 radical (unpaired) electrons. The van der Waals surface area contributed by atoms with Gasteiger partial charge in [0.15, 0.2) is 0 Å². The number of hydrogen-bond donors (Lipinski definition) is 1. The number of nitrogens with one attached hydrogen (secondary N) is 1. The number of amides is 2. The molecule has 0 fully saturated rings. The summed E-state index contributed by atoms with van der Waals surface area (Å²) >= 11 is 0. The van der Waals surface area contributed by atoms with Crippen molar-refractivity contribution in [1.29, 1.82) is 0 Å². The van der Waals surface area contributed by atoms with Gasteiger partial charge in [0.1, 0.15) is 24.2 Å². The predicted octanol–water partition coefficient (Wildman–Crippen LogP) is 5.45. The number of nitrogens with zero attached hydrogens (tertiary/aromatic N) is 2. The van der Waals surface area contributed by atoms with E-state index in [2.05, 4.69) is 5.32 Å². The highest BCUT2D eigenvalue weighted by atomic mass is 32.2. The van der Waals surface area contributed by atoms with Crippen LogP contribution < -0.4 is 14.4 Å². The van der Waals surface area contributed by atoms with Crippen molar-refractivity contribution >= 4 is 27.5 Å². The van der Waals surface area contributed by atoms with Crippen LogP contribution in [0.2, 0.25) is 0 Å². The van der Waals surface area contributed by atoms with Crippen molar-refractivity contribution < 1.29 is 27.1 Å². The number of benzene rings is 3. The molecule has 0 aliphatic carbocycles. The fraction of sp³-hybridized carbons (Fsp3) is 0.375. The highest BCUT2D eigenvalue weighted by Gasteiger charge is 2.34. The van der Waals surface area contributed by atoms with Gasteiger partial charge >= 0.3 is 0 Å². The third-order valence-electron chi connectivity index (χ3n) is 6.98. The molecule has 2 atom stereocenters. The first-order valence-electron chi connectivity index (χ1n) is 14.2. The van der Waals surface area contributed by atoms with Crippen molar-refractivity contribution in [2.75, 3.05) is 17.5 Å². The molecule has 0 aliphatic rings. The van der Waals surface area contributed by atoms with Gasteiger partial charge in [0.2, 0.25) is 11.8 Å². The lowest BCUT2D eigenvalue weighted by atomic mass is 10.1. The predicted molar refractivity (Wildman–Crippen MR) is 162 cm³/mol. The number of aryl methyl sites for hydroxylation is 1. The summed E-state index contributed by atoms with van der Waals surface area (Å²) in [7, 11) is -4.18. The number of hydrogen-bond acceptors (Lipinski definition) is 5. The zero-order valence-corrected chi connectivity index (χ0v) is 25.7. The Labute approximate surface area is 248 Å². The maximum atomic E-state index is 14.1. The molecule has 0 heterocycles. The van der Waals surface area contributed by atoms with E-state index in [1.807, 2.05) is 27.7 Å². The number of rotatable bonds is 14. The highest BCUT2D eigenvalue weighted by Crippen LogP contribution is 2.27. The smallest absolute Gasteiger partial charge is 0.264 e. The van der Waals surface area contributed by atoms with Gasteiger partial charge in [-0.25, -0.2) is 12.8 Å². The Morgan fingerprint density at radius 2 is 1.52 bits per heavy atom. The van der Waals surface area contributed by atoms with Gasteiger partial charge in [0, 0.05) is 12.6 Å². The lowest BCUT2D eigenvalue weighted by Gasteiger charge is -2.33. The van der Waals surface area contributed by atoms with Crippen LogP contribution in [0.5, 0.6) is 5.75 Å². The van der Waals surface area contributed by atoms with Crippen molar-refractivity contribution in [3.8, 4) is 5.75 Å². The quantitative estimate of drug-likeness (QED) is 0.267. The van der Waals surface area contributed by atoms with Crippen LogP contribution in [-0.4, -0.2) is 50.4 Å². The second-order valence-corrected chi connectivity index (χ2v) is 12.0. The minimum absolute atomic E-state index is 0.00670. The third-order valence-corrected chi connectivity index (χ3v) is 8.76. The van der Waals surface area contributed by atoms with Gasteiger partial charge in [-0.15, -0.1) is 0 Å². The molecule has 1 N–H and O–H groups in total. The van der Waals surface area contributed by atoms with E-state index in [0.29, 0.717) is 30.8 Å². The van der Waals surface area contributed by atoms with Crippen LogP contribution in [-0.2, 0) is 26.2 Å². The van der Waals surface area contributed by atoms with Gasteiger partial charge in [-0.1, -0.05) is 43.7 Å². The van der Waals surface area contributed by atoms with E-state index >= 15 is 0 Å². The van der Waals surface area contributed by atoms with E-state index in [1.165, 1.54) is 29.2 Å². The van der Waals surface area contributed by atoms with Gasteiger partial charge in [-0.3, -0.25) is 13.9 Å². The summed E-state index contributed by atoms with van der Waals surface area (Å²) in [5.41, 5.74) is 1.76. The maximum Gasteiger partial charge on any atom is 0.264 e. The van der Waals surface area contributed by atoms with Gasteiger partial charge in [0.05, 0.1) is 17.2 Å². The molecule has 0 bridgehead atoms. The molecule has 0 aliphatic heterocycles. The highest BCUT2D eigenvalue weighted by molar-refractivity contribution is 7.92. The lowest BCUT2D eigenvalue weighted by Crippen LogP contribution is -2.53. The number of carbonyl (C=O) groups is 2. The zero-order valence-electron chi connectivity index (χ0n) is 24.8. The summed E-state index contributed by atoms with van der Waals surface area (Å²) in [6.45, 7) is 9.19. The Balaban J connectivity index is 2.05. The minimum atomic E-state index is -4.18. The van der Waals surface area contributed by atoms with Crippen LogP contribution in [0.4, 0.5) is 10.1 Å². The molecule has 0 saturated heterocycles. The summed E-state index contributed by atoms with van der Waals surface area (Å²) in [4.78, 5) is 28.8. The van der Waals surface area contributed by atoms with Crippen LogP contribution in [0.1, 0.15) is 51.7 Å². The molecule has 0 aromatic heterocycles. The number of sulfonamides is 1. The molecule has 10 heteroatoms. The molecular formula is C32H40FN3O5S. The first-order chi connectivity index (χ1) is 20.0. The summed E-state index contributed by atoms with van der Waals surface area (Å²) in [5.74, 6) is -0.777. The Kier molecular flexibility index (Phi) is 11.5. The standard InChI is InChI=1S/C32H40FN3O5S/c1-6-24(5)34-32(38)30(7-2)35(21-25-11-13-26(33)14-12-25)31(37)22-36(27-15-17-28(18-16-27)41-8-3)42(39,40)29-19-9-23(4)10-20-29/h9-20,24,30H,6-8,21-22H2,1-5H3,(H,34,38). The number of ether oxygens (including phenoxy) is 1. The number of halogens is 1. The normalized spacial score (nSPS) is 12.7. The van der Waals surface area contributed by atoms with Gasteiger partial charge in [-0.05, 0) is 87.7 Å².